The average Bonchev–Trinajstić information content (AvgIpc) is 2.34. The van der Waals surface area contributed by atoms with Crippen molar-refractivity contribution in [3.05, 3.63) is 20.8 Å². The second-order valence-electron chi connectivity index (χ2n) is 3.61. The molecule has 13 heavy (non-hydrogen) atoms. The largest absolute Gasteiger partial charge is 0.389 e. The van der Waals surface area contributed by atoms with E-state index in [0.717, 1.165) is 11.0 Å². The molecule has 1 aromatic heterocycles. The summed E-state index contributed by atoms with van der Waals surface area (Å²) in [5.74, 6) is 0. The monoisotopic (exact) mass is 263 g/mol. The molecule has 4 heteroatoms. The van der Waals surface area contributed by atoms with Gasteiger partial charge in [-0.3, -0.25) is 0 Å². The van der Waals surface area contributed by atoms with Crippen LogP contribution in [0, 0.1) is 0 Å². The molecule has 0 aliphatic carbocycles. The predicted octanol–water partition coefficient (Wildman–Crippen LogP) is 2.37. The first-order chi connectivity index (χ1) is 5.99. The lowest BCUT2D eigenvalue weighted by Gasteiger charge is -2.17. The van der Waals surface area contributed by atoms with E-state index >= 15 is 0 Å². The van der Waals surface area contributed by atoms with Gasteiger partial charge >= 0.3 is 0 Å². The van der Waals surface area contributed by atoms with Crippen LogP contribution in [0.15, 0.2) is 15.9 Å². The highest BCUT2D eigenvalue weighted by molar-refractivity contribution is 9.10. The van der Waals surface area contributed by atoms with Crippen molar-refractivity contribution in [2.45, 2.75) is 26.0 Å². The van der Waals surface area contributed by atoms with E-state index in [1.807, 2.05) is 11.4 Å². The van der Waals surface area contributed by atoms with E-state index in [4.69, 9.17) is 0 Å². The fourth-order valence-electron chi connectivity index (χ4n) is 0.933. The molecule has 0 unspecified atom stereocenters. The molecule has 74 valence electrons. The lowest BCUT2D eigenvalue weighted by Crippen LogP contribution is -2.34. The van der Waals surface area contributed by atoms with Gasteiger partial charge in [0.25, 0.3) is 0 Å². The first kappa shape index (κ1) is 11.2. The Labute approximate surface area is 91.1 Å². The molecule has 0 aliphatic heterocycles. The molecule has 0 aromatic carbocycles. The van der Waals surface area contributed by atoms with Crippen LogP contribution in [0.1, 0.15) is 18.7 Å². The first-order valence-corrected chi connectivity index (χ1v) is 5.81. The Morgan fingerprint density at radius 2 is 2.31 bits per heavy atom. The average molecular weight is 264 g/mol. The Hall–Kier alpha value is 0.100. The number of thiophene rings is 1. The molecule has 2 N–H and O–H groups in total. The lowest BCUT2D eigenvalue weighted by atomic mass is 10.1. The lowest BCUT2D eigenvalue weighted by molar-refractivity contribution is 0.0795. The molecule has 0 amide bonds. The minimum atomic E-state index is -0.635. The summed E-state index contributed by atoms with van der Waals surface area (Å²) in [7, 11) is 0. The molecule has 0 radical (unpaired) electrons. The van der Waals surface area contributed by atoms with Gasteiger partial charge in [-0.2, -0.15) is 0 Å². The quantitative estimate of drug-likeness (QED) is 0.875. The molecule has 0 spiro atoms. The molecule has 0 atom stereocenters. The van der Waals surface area contributed by atoms with Crippen LogP contribution in [-0.4, -0.2) is 17.3 Å². The second kappa shape index (κ2) is 4.55. The third-order valence-corrected chi connectivity index (χ3v) is 3.46. The molecule has 1 heterocycles. The number of rotatable bonds is 4. The fourth-order valence-corrected chi connectivity index (χ4v) is 2.40. The smallest absolute Gasteiger partial charge is 0.0715 e. The summed E-state index contributed by atoms with van der Waals surface area (Å²) in [6, 6.07) is 2.03. The summed E-state index contributed by atoms with van der Waals surface area (Å²) >= 11 is 5.16. The maximum Gasteiger partial charge on any atom is 0.0715 e. The van der Waals surface area contributed by atoms with E-state index in [1.165, 1.54) is 4.88 Å². The minimum Gasteiger partial charge on any atom is -0.389 e. The highest BCUT2D eigenvalue weighted by Gasteiger charge is 2.11. The van der Waals surface area contributed by atoms with Crippen molar-refractivity contribution in [3.8, 4) is 0 Å². The Morgan fingerprint density at radius 3 is 2.77 bits per heavy atom. The molecule has 1 rings (SSSR count). The van der Waals surface area contributed by atoms with Gasteiger partial charge < -0.3 is 10.4 Å². The van der Waals surface area contributed by atoms with Gasteiger partial charge in [0.2, 0.25) is 0 Å². The highest BCUT2D eigenvalue weighted by Crippen LogP contribution is 2.22. The number of hydrogen-bond donors (Lipinski definition) is 2. The van der Waals surface area contributed by atoms with Crippen LogP contribution in [-0.2, 0) is 6.54 Å². The zero-order valence-electron chi connectivity index (χ0n) is 7.80. The van der Waals surface area contributed by atoms with Crippen LogP contribution in [0.5, 0.6) is 0 Å². The van der Waals surface area contributed by atoms with E-state index in [-0.39, 0.29) is 0 Å². The molecule has 0 aliphatic rings. The molecule has 2 nitrogen and oxygen atoms in total. The van der Waals surface area contributed by atoms with Gasteiger partial charge in [0, 0.05) is 22.4 Å². The van der Waals surface area contributed by atoms with E-state index in [2.05, 4.69) is 21.2 Å². The summed E-state index contributed by atoms with van der Waals surface area (Å²) in [4.78, 5) is 1.27. The van der Waals surface area contributed by atoms with Gasteiger partial charge in [-0.05, 0) is 41.2 Å². The Morgan fingerprint density at radius 1 is 1.62 bits per heavy atom. The van der Waals surface area contributed by atoms with Crippen LogP contribution in [0.2, 0.25) is 0 Å². The Bertz CT molecular complexity index is 267. The van der Waals surface area contributed by atoms with Crippen molar-refractivity contribution < 1.29 is 5.11 Å². The molecule has 0 saturated carbocycles. The summed E-state index contributed by atoms with van der Waals surface area (Å²) in [5.41, 5.74) is -0.635. The third-order valence-electron chi connectivity index (χ3n) is 1.53. The minimum absolute atomic E-state index is 0.608. The van der Waals surface area contributed by atoms with E-state index in [0.29, 0.717) is 6.54 Å². The van der Waals surface area contributed by atoms with Crippen molar-refractivity contribution in [3.63, 3.8) is 0 Å². The summed E-state index contributed by atoms with van der Waals surface area (Å²) < 4.78 is 1.14. The molecule has 1 aromatic rings. The summed E-state index contributed by atoms with van der Waals surface area (Å²) in [6.07, 6.45) is 0. The van der Waals surface area contributed by atoms with Crippen LogP contribution in [0.4, 0.5) is 0 Å². The van der Waals surface area contributed by atoms with Gasteiger partial charge in [-0.1, -0.05) is 0 Å². The molecule has 0 fully saturated rings. The SMILES string of the molecule is CC(C)(O)CNCc1sccc1Br. The maximum absolute atomic E-state index is 9.44. The zero-order chi connectivity index (χ0) is 9.90. The van der Waals surface area contributed by atoms with Crippen LogP contribution < -0.4 is 5.32 Å². The van der Waals surface area contributed by atoms with Gasteiger partial charge in [0.15, 0.2) is 0 Å². The van der Waals surface area contributed by atoms with Crippen molar-refractivity contribution >= 4 is 27.3 Å². The number of nitrogens with one attached hydrogen (secondary N) is 1. The maximum atomic E-state index is 9.44. The standard InChI is InChI=1S/C9H14BrNOS/c1-9(2,12)6-11-5-8-7(10)3-4-13-8/h3-4,11-12H,5-6H2,1-2H3. The zero-order valence-corrected chi connectivity index (χ0v) is 10.2. The number of halogens is 1. The van der Waals surface area contributed by atoms with E-state index < -0.39 is 5.60 Å². The number of hydrogen-bond acceptors (Lipinski definition) is 3. The van der Waals surface area contributed by atoms with Crippen molar-refractivity contribution in [2.24, 2.45) is 0 Å². The predicted molar refractivity (Wildman–Crippen MR) is 60.0 cm³/mol. The van der Waals surface area contributed by atoms with E-state index in [9.17, 15) is 5.11 Å². The van der Waals surface area contributed by atoms with Gasteiger partial charge in [0.1, 0.15) is 0 Å². The summed E-state index contributed by atoms with van der Waals surface area (Å²) in [5, 5.41) is 14.7. The van der Waals surface area contributed by atoms with Gasteiger partial charge in [-0.25, -0.2) is 0 Å². The normalized spacial score (nSPS) is 12.0. The number of aliphatic hydroxyl groups is 1. The fraction of sp³-hybridized carbons (Fsp3) is 0.556. The molecular formula is C9H14BrNOS. The van der Waals surface area contributed by atoms with Crippen LogP contribution in [0.3, 0.4) is 0 Å². The highest BCUT2D eigenvalue weighted by atomic mass is 79.9. The van der Waals surface area contributed by atoms with Gasteiger partial charge in [0.05, 0.1) is 5.60 Å². The van der Waals surface area contributed by atoms with Crippen molar-refractivity contribution in [2.75, 3.05) is 6.54 Å². The third kappa shape index (κ3) is 4.22. The van der Waals surface area contributed by atoms with E-state index in [1.54, 1.807) is 25.2 Å². The Kier molecular flexibility index (Phi) is 3.91. The van der Waals surface area contributed by atoms with Crippen molar-refractivity contribution in [1.82, 2.24) is 5.32 Å². The first-order valence-electron chi connectivity index (χ1n) is 4.14. The van der Waals surface area contributed by atoms with Crippen molar-refractivity contribution in [1.29, 1.82) is 0 Å². The molecule has 0 saturated heterocycles. The topological polar surface area (TPSA) is 32.3 Å². The van der Waals surface area contributed by atoms with Crippen LogP contribution >= 0.6 is 27.3 Å². The van der Waals surface area contributed by atoms with Crippen LogP contribution in [0.25, 0.3) is 0 Å². The second-order valence-corrected chi connectivity index (χ2v) is 5.46. The van der Waals surface area contributed by atoms with Gasteiger partial charge in [-0.15, -0.1) is 11.3 Å². The molecular weight excluding hydrogens is 250 g/mol. The molecule has 0 bridgehead atoms. The Balaban J connectivity index is 2.32. The summed E-state index contributed by atoms with van der Waals surface area (Å²) in [6.45, 7) is 5.01.